The minimum Gasteiger partial charge on any atom is -0.497 e. The van der Waals surface area contributed by atoms with E-state index in [1.807, 2.05) is 0 Å². The van der Waals surface area contributed by atoms with Crippen LogP contribution in [0, 0.1) is 0 Å². The van der Waals surface area contributed by atoms with Gasteiger partial charge in [0.15, 0.2) is 0 Å². The first-order valence-corrected chi connectivity index (χ1v) is 8.78. The zero-order valence-electron chi connectivity index (χ0n) is 15.0. The van der Waals surface area contributed by atoms with Gasteiger partial charge < -0.3 is 30.5 Å². The van der Waals surface area contributed by atoms with Crippen LogP contribution in [0.5, 0.6) is 11.5 Å². The first kappa shape index (κ1) is 19.3. The number of carbonyl (C=O) groups is 1. The van der Waals surface area contributed by atoms with Gasteiger partial charge in [-0.25, -0.2) is 4.79 Å². The molecule has 2 atom stereocenters. The number of hydrogen-bond acceptors (Lipinski definition) is 5. The average molecular weight is 351 g/mol. The molecule has 0 bridgehead atoms. The lowest BCUT2D eigenvalue weighted by molar-refractivity contribution is 0.172. The lowest BCUT2D eigenvalue weighted by Gasteiger charge is -2.18. The number of urea groups is 1. The van der Waals surface area contributed by atoms with E-state index in [-0.39, 0.29) is 12.6 Å². The first-order chi connectivity index (χ1) is 12.1. The molecule has 2 amide bonds. The molecule has 0 aromatic heterocycles. The van der Waals surface area contributed by atoms with Gasteiger partial charge in [0.2, 0.25) is 0 Å². The number of aliphatic hydroxyl groups is 1. The van der Waals surface area contributed by atoms with Crippen LogP contribution in [0.1, 0.15) is 37.4 Å². The summed E-state index contributed by atoms with van der Waals surface area (Å²) in [4.78, 5) is 11.9. The Labute approximate surface area is 149 Å². The number of hydrogen-bond donors (Lipinski definition) is 4. The third-order valence-corrected chi connectivity index (χ3v) is 4.39. The van der Waals surface area contributed by atoms with Gasteiger partial charge in [-0.3, -0.25) is 0 Å². The molecule has 1 aliphatic rings. The molecule has 140 valence electrons. The maximum absolute atomic E-state index is 11.9. The predicted octanol–water partition coefficient (Wildman–Crippen LogP) is 1.57. The fourth-order valence-electron chi connectivity index (χ4n) is 2.88. The molecule has 1 aromatic carbocycles. The van der Waals surface area contributed by atoms with E-state index in [2.05, 4.69) is 16.0 Å². The van der Waals surface area contributed by atoms with Crippen molar-refractivity contribution in [3.05, 3.63) is 23.8 Å². The smallest absolute Gasteiger partial charge is 0.314 e. The maximum Gasteiger partial charge on any atom is 0.314 e. The number of rotatable bonds is 7. The monoisotopic (exact) mass is 351 g/mol. The van der Waals surface area contributed by atoms with Crippen LogP contribution < -0.4 is 25.4 Å². The molecule has 0 radical (unpaired) electrons. The van der Waals surface area contributed by atoms with Crippen molar-refractivity contribution in [2.24, 2.45) is 0 Å². The summed E-state index contributed by atoms with van der Waals surface area (Å²) >= 11 is 0. The summed E-state index contributed by atoms with van der Waals surface area (Å²) in [5, 5.41) is 19.3. The summed E-state index contributed by atoms with van der Waals surface area (Å²) in [6, 6.07) is 5.22. The van der Waals surface area contributed by atoms with Gasteiger partial charge in [0.1, 0.15) is 11.5 Å². The second-order valence-electron chi connectivity index (χ2n) is 6.25. The summed E-state index contributed by atoms with van der Waals surface area (Å²) in [5.41, 5.74) is 0.627. The average Bonchev–Trinajstić information content (AvgIpc) is 2.92. The number of methoxy groups -OCH3 is 2. The van der Waals surface area contributed by atoms with Crippen LogP contribution in [-0.2, 0) is 0 Å². The van der Waals surface area contributed by atoms with Gasteiger partial charge in [0.25, 0.3) is 0 Å². The van der Waals surface area contributed by atoms with Crippen LogP contribution >= 0.6 is 0 Å². The molecule has 4 N–H and O–H groups in total. The highest BCUT2D eigenvalue weighted by molar-refractivity contribution is 5.73. The van der Waals surface area contributed by atoms with E-state index < -0.39 is 6.10 Å². The van der Waals surface area contributed by atoms with Gasteiger partial charge >= 0.3 is 6.03 Å². The maximum atomic E-state index is 11.9. The van der Waals surface area contributed by atoms with Crippen molar-refractivity contribution in [1.29, 1.82) is 0 Å². The molecular formula is C18H29N3O4. The minimum atomic E-state index is -0.842. The van der Waals surface area contributed by atoms with E-state index in [1.165, 1.54) is 19.3 Å². The number of nitrogens with one attached hydrogen (secondary N) is 3. The van der Waals surface area contributed by atoms with Gasteiger partial charge in [-0.15, -0.1) is 0 Å². The Balaban J connectivity index is 1.78. The number of amides is 2. The molecule has 0 aliphatic carbocycles. The Morgan fingerprint density at radius 3 is 2.60 bits per heavy atom. The molecular weight excluding hydrogens is 322 g/mol. The zero-order chi connectivity index (χ0) is 18.1. The lowest BCUT2D eigenvalue weighted by atomic mass is 10.1. The standard InChI is InChI=1S/C18H29N3O4/c1-24-15-8-13(9-16(10-15)25-2)17(22)12-21-18(23)20-11-14-6-4-3-5-7-19-14/h8-10,14,17,19,22H,3-7,11-12H2,1-2H3,(H2,20,21,23). The highest BCUT2D eigenvalue weighted by atomic mass is 16.5. The number of ether oxygens (including phenoxy) is 2. The molecule has 2 unspecified atom stereocenters. The molecule has 2 rings (SSSR count). The molecule has 1 saturated heterocycles. The van der Waals surface area contributed by atoms with Gasteiger partial charge in [-0.1, -0.05) is 12.8 Å². The van der Waals surface area contributed by atoms with Gasteiger partial charge in [-0.05, 0) is 37.1 Å². The van der Waals surface area contributed by atoms with E-state index in [9.17, 15) is 9.90 Å². The summed E-state index contributed by atoms with van der Waals surface area (Å²) in [6.07, 6.45) is 3.86. The Morgan fingerprint density at radius 2 is 1.92 bits per heavy atom. The van der Waals surface area contributed by atoms with Crippen molar-refractivity contribution in [2.75, 3.05) is 33.9 Å². The van der Waals surface area contributed by atoms with Crippen molar-refractivity contribution in [3.8, 4) is 11.5 Å². The van der Waals surface area contributed by atoms with Crippen molar-refractivity contribution in [1.82, 2.24) is 16.0 Å². The summed E-state index contributed by atoms with van der Waals surface area (Å²) < 4.78 is 10.4. The van der Waals surface area contributed by atoms with Crippen molar-refractivity contribution in [3.63, 3.8) is 0 Å². The molecule has 1 fully saturated rings. The molecule has 1 heterocycles. The van der Waals surface area contributed by atoms with E-state index in [4.69, 9.17) is 9.47 Å². The molecule has 0 saturated carbocycles. The fraction of sp³-hybridized carbons (Fsp3) is 0.611. The van der Waals surface area contributed by atoms with Crippen LogP contribution in [0.2, 0.25) is 0 Å². The number of benzene rings is 1. The first-order valence-electron chi connectivity index (χ1n) is 8.78. The molecule has 1 aliphatic heterocycles. The Hall–Kier alpha value is -1.99. The molecule has 25 heavy (non-hydrogen) atoms. The van der Waals surface area contributed by atoms with Crippen molar-refractivity contribution < 1.29 is 19.4 Å². The van der Waals surface area contributed by atoms with E-state index >= 15 is 0 Å². The third-order valence-electron chi connectivity index (χ3n) is 4.39. The largest absolute Gasteiger partial charge is 0.497 e. The predicted molar refractivity (Wildman–Crippen MR) is 96.2 cm³/mol. The molecule has 0 spiro atoms. The van der Waals surface area contributed by atoms with Gasteiger partial charge in [0, 0.05) is 25.2 Å². The van der Waals surface area contributed by atoms with E-state index in [1.54, 1.807) is 32.4 Å². The SMILES string of the molecule is COc1cc(OC)cc(C(O)CNC(=O)NCC2CCCCCN2)c1. The number of carbonyl (C=O) groups excluding carboxylic acids is 1. The number of aliphatic hydroxyl groups excluding tert-OH is 1. The van der Waals surface area contributed by atoms with Crippen LogP contribution in [-0.4, -0.2) is 51.0 Å². The molecule has 7 nitrogen and oxygen atoms in total. The summed E-state index contributed by atoms with van der Waals surface area (Å²) in [6.45, 7) is 1.71. The zero-order valence-corrected chi connectivity index (χ0v) is 15.0. The van der Waals surface area contributed by atoms with E-state index in [0.29, 0.717) is 29.6 Å². The normalized spacial score (nSPS) is 18.8. The van der Waals surface area contributed by atoms with E-state index in [0.717, 1.165) is 13.0 Å². The highest BCUT2D eigenvalue weighted by Crippen LogP contribution is 2.26. The van der Waals surface area contributed by atoms with Crippen LogP contribution in [0.4, 0.5) is 4.79 Å². The highest BCUT2D eigenvalue weighted by Gasteiger charge is 2.14. The van der Waals surface area contributed by atoms with Crippen LogP contribution in [0.3, 0.4) is 0 Å². The van der Waals surface area contributed by atoms with Crippen molar-refractivity contribution >= 4 is 6.03 Å². The Bertz CT molecular complexity index is 523. The minimum absolute atomic E-state index is 0.111. The fourth-order valence-corrected chi connectivity index (χ4v) is 2.88. The topological polar surface area (TPSA) is 91.8 Å². The summed E-state index contributed by atoms with van der Waals surface area (Å²) in [5.74, 6) is 1.19. The quantitative estimate of drug-likeness (QED) is 0.598. The van der Waals surface area contributed by atoms with Crippen molar-refractivity contribution in [2.45, 2.75) is 37.8 Å². The summed E-state index contributed by atoms with van der Waals surface area (Å²) in [7, 11) is 3.11. The second kappa shape index (κ2) is 10.1. The Kier molecular flexibility index (Phi) is 7.81. The second-order valence-corrected chi connectivity index (χ2v) is 6.25. The van der Waals surface area contributed by atoms with Gasteiger partial charge in [0.05, 0.1) is 20.3 Å². The van der Waals surface area contributed by atoms with Crippen LogP contribution in [0.25, 0.3) is 0 Å². The Morgan fingerprint density at radius 1 is 1.20 bits per heavy atom. The third kappa shape index (κ3) is 6.43. The molecule has 7 heteroatoms. The lowest BCUT2D eigenvalue weighted by Crippen LogP contribution is -2.45. The molecule has 1 aromatic rings. The van der Waals surface area contributed by atoms with Crippen LogP contribution in [0.15, 0.2) is 18.2 Å². The van der Waals surface area contributed by atoms with Gasteiger partial charge in [-0.2, -0.15) is 0 Å².